The van der Waals surface area contributed by atoms with Gasteiger partial charge >= 0.3 is 0 Å². The van der Waals surface area contributed by atoms with E-state index in [4.69, 9.17) is 4.74 Å². The highest BCUT2D eigenvalue weighted by atomic mass is 79.9. The van der Waals surface area contributed by atoms with Crippen LogP contribution in [0.25, 0.3) is 0 Å². The van der Waals surface area contributed by atoms with Crippen molar-refractivity contribution in [2.75, 3.05) is 6.61 Å². The molecule has 0 amide bonds. The molecular formula is C14H19BrO2. The maximum Gasteiger partial charge on any atom is 0.202 e. The minimum Gasteiger partial charge on any atom is -0.359 e. The van der Waals surface area contributed by atoms with Gasteiger partial charge in [0.25, 0.3) is 0 Å². The van der Waals surface area contributed by atoms with Crippen LogP contribution in [0.4, 0.5) is 0 Å². The first-order valence-electron chi connectivity index (χ1n) is 6.10. The van der Waals surface area contributed by atoms with Crippen LogP contribution in [0, 0.1) is 0 Å². The first kappa shape index (κ1) is 14.4. The van der Waals surface area contributed by atoms with E-state index in [-0.39, 0.29) is 5.78 Å². The standard InChI is InChI=1S/C14H19BrO2/c1-2-3-4-8-11-17-14(15)13(16)12-9-6-5-7-10-12/h5-7,9-10,14H,2-4,8,11H2,1H3. The molecule has 0 spiro atoms. The summed E-state index contributed by atoms with van der Waals surface area (Å²) in [6, 6.07) is 9.21. The van der Waals surface area contributed by atoms with Gasteiger partial charge in [-0.3, -0.25) is 4.79 Å². The minimum atomic E-state index is -0.522. The van der Waals surface area contributed by atoms with Gasteiger partial charge in [-0.15, -0.1) is 0 Å². The summed E-state index contributed by atoms with van der Waals surface area (Å²) in [5.41, 5.74) is 0.683. The van der Waals surface area contributed by atoms with Gasteiger partial charge in [-0.25, -0.2) is 0 Å². The van der Waals surface area contributed by atoms with Crippen LogP contribution in [-0.2, 0) is 4.74 Å². The first-order valence-corrected chi connectivity index (χ1v) is 7.02. The molecule has 0 saturated carbocycles. The molecule has 0 heterocycles. The van der Waals surface area contributed by atoms with Crippen LogP contribution in [0.15, 0.2) is 30.3 Å². The molecule has 17 heavy (non-hydrogen) atoms. The zero-order chi connectivity index (χ0) is 12.5. The molecule has 0 bridgehead atoms. The summed E-state index contributed by atoms with van der Waals surface area (Å²) in [5.74, 6) is -0.0129. The number of rotatable bonds is 8. The SMILES string of the molecule is CCCCCCOC(Br)C(=O)c1ccccc1. The maximum atomic E-state index is 11.9. The van der Waals surface area contributed by atoms with E-state index < -0.39 is 5.01 Å². The highest BCUT2D eigenvalue weighted by molar-refractivity contribution is 9.09. The van der Waals surface area contributed by atoms with Crippen molar-refractivity contribution in [3.8, 4) is 0 Å². The number of carbonyl (C=O) groups excluding carboxylic acids is 1. The van der Waals surface area contributed by atoms with Crippen LogP contribution in [-0.4, -0.2) is 17.4 Å². The zero-order valence-electron chi connectivity index (χ0n) is 10.2. The van der Waals surface area contributed by atoms with Crippen molar-refractivity contribution < 1.29 is 9.53 Å². The molecule has 0 aliphatic rings. The summed E-state index contributed by atoms with van der Waals surface area (Å²) in [7, 11) is 0. The molecular weight excluding hydrogens is 280 g/mol. The molecule has 0 aromatic heterocycles. The second-order valence-electron chi connectivity index (χ2n) is 3.98. The van der Waals surface area contributed by atoms with Crippen LogP contribution >= 0.6 is 15.9 Å². The predicted octanol–water partition coefficient (Wildman–Crippen LogP) is 4.19. The van der Waals surface area contributed by atoms with Gasteiger partial charge in [0.2, 0.25) is 5.78 Å². The number of alkyl halides is 1. The summed E-state index contributed by atoms with van der Waals surface area (Å²) < 4.78 is 5.47. The Labute approximate surface area is 111 Å². The predicted molar refractivity (Wildman–Crippen MR) is 73.6 cm³/mol. The fraction of sp³-hybridized carbons (Fsp3) is 0.500. The highest BCUT2D eigenvalue weighted by Crippen LogP contribution is 2.12. The van der Waals surface area contributed by atoms with Crippen molar-refractivity contribution in [1.29, 1.82) is 0 Å². The fourth-order valence-corrected chi connectivity index (χ4v) is 1.98. The number of Topliss-reactive ketones (excluding diaryl/α,β-unsaturated/α-hetero) is 1. The van der Waals surface area contributed by atoms with Crippen molar-refractivity contribution in [3.63, 3.8) is 0 Å². The van der Waals surface area contributed by atoms with Crippen LogP contribution in [0.5, 0.6) is 0 Å². The van der Waals surface area contributed by atoms with E-state index in [0.29, 0.717) is 12.2 Å². The van der Waals surface area contributed by atoms with Gasteiger partial charge in [0, 0.05) is 12.2 Å². The molecule has 94 valence electrons. The Morgan fingerprint density at radius 2 is 1.94 bits per heavy atom. The minimum absolute atomic E-state index is 0.0129. The molecule has 2 nitrogen and oxygen atoms in total. The Morgan fingerprint density at radius 3 is 2.59 bits per heavy atom. The molecule has 1 rings (SSSR count). The Kier molecular flexibility index (Phi) is 7.13. The number of ether oxygens (including phenoxy) is 1. The van der Waals surface area contributed by atoms with E-state index in [1.807, 2.05) is 18.2 Å². The molecule has 0 fully saturated rings. The Bertz CT molecular complexity index is 324. The van der Waals surface area contributed by atoms with E-state index in [1.54, 1.807) is 12.1 Å². The first-order chi connectivity index (χ1) is 8.25. The Morgan fingerprint density at radius 1 is 1.24 bits per heavy atom. The third-order valence-electron chi connectivity index (χ3n) is 2.53. The van der Waals surface area contributed by atoms with Crippen LogP contribution < -0.4 is 0 Å². The van der Waals surface area contributed by atoms with Crippen molar-refractivity contribution in [1.82, 2.24) is 0 Å². The number of hydrogen-bond acceptors (Lipinski definition) is 2. The maximum absolute atomic E-state index is 11.9. The number of unbranched alkanes of at least 4 members (excludes halogenated alkanes) is 3. The summed E-state index contributed by atoms with van der Waals surface area (Å²) in [6.07, 6.45) is 4.61. The molecule has 1 aromatic carbocycles. The largest absolute Gasteiger partial charge is 0.359 e. The Hall–Kier alpha value is -0.670. The second kappa shape index (κ2) is 8.43. The van der Waals surface area contributed by atoms with E-state index in [0.717, 1.165) is 12.8 Å². The van der Waals surface area contributed by atoms with Gasteiger partial charge in [0.1, 0.15) is 0 Å². The topological polar surface area (TPSA) is 26.3 Å². The number of carbonyl (C=O) groups is 1. The van der Waals surface area contributed by atoms with Crippen LogP contribution in [0.2, 0.25) is 0 Å². The summed E-state index contributed by atoms with van der Waals surface area (Å²) in [6.45, 7) is 2.81. The van der Waals surface area contributed by atoms with Crippen LogP contribution in [0.3, 0.4) is 0 Å². The normalized spacial score (nSPS) is 12.4. The van der Waals surface area contributed by atoms with Gasteiger partial charge in [-0.05, 0) is 22.4 Å². The molecule has 0 aliphatic carbocycles. The second-order valence-corrected chi connectivity index (χ2v) is 4.81. The van der Waals surface area contributed by atoms with E-state index in [2.05, 4.69) is 22.9 Å². The average Bonchev–Trinajstić information content (AvgIpc) is 2.38. The lowest BCUT2D eigenvalue weighted by Crippen LogP contribution is -2.18. The smallest absolute Gasteiger partial charge is 0.202 e. The number of ketones is 1. The van der Waals surface area contributed by atoms with Crippen molar-refractivity contribution in [2.45, 2.75) is 37.6 Å². The van der Waals surface area contributed by atoms with Crippen molar-refractivity contribution in [3.05, 3.63) is 35.9 Å². The summed E-state index contributed by atoms with van der Waals surface area (Å²) in [5, 5.41) is -0.522. The quantitative estimate of drug-likeness (QED) is 0.409. The molecule has 0 radical (unpaired) electrons. The molecule has 3 heteroatoms. The molecule has 0 aliphatic heterocycles. The Balaban J connectivity index is 2.28. The third-order valence-corrected chi connectivity index (χ3v) is 3.21. The lowest BCUT2D eigenvalue weighted by Gasteiger charge is -2.10. The number of hydrogen-bond donors (Lipinski definition) is 0. The summed E-state index contributed by atoms with van der Waals surface area (Å²) in [4.78, 5) is 11.9. The molecule has 1 unspecified atom stereocenters. The fourth-order valence-electron chi connectivity index (χ4n) is 1.52. The number of benzene rings is 1. The van der Waals surface area contributed by atoms with Gasteiger partial charge < -0.3 is 4.74 Å². The van der Waals surface area contributed by atoms with Crippen molar-refractivity contribution in [2.24, 2.45) is 0 Å². The van der Waals surface area contributed by atoms with Gasteiger partial charge in [0.05, 0.1) is 0 Å². The molecule has 1 atom stereocenters. The highest BCUT2D eigenvalue weighted by Gasteiger charge is 2.16. The van der Waals surface area contributed by atoms with Crippen LogP contribution in [0.1, 0.15) is 43.0 Å². The number of halogens is 1. The zero-order valence-corrected chi connectivity index (χ0v) is 11.8. The van der Waals surface area contributed by atoms with E-state index >= 15 is 0 Å². The van der Waals surface area contributed by atoms with Crippen molar-refractivity contribution >= 4 is 21.7 Å². The van der Waals surface area contributed by atoms with E-state index in [9.17, 15) is 4.79 Å². The molecule has 1 aromatic rings. The third kappa shape index (κ3) is 5.46. The summed E-state index contributed by atoms with van der Waals surface area (Å²) >= 11 is 3.28. The van der Waals surface area contributed by atoms with E-state index in [1.165, 1.54) is 12.8 Å². The lowest BCUT2D eigenvalue weighted by molar-refractivity contribution is 0.0685. The molecule has 0 N–H and O–H groups in total. The molecule has 0 saturated heterocycles. The van der Waals surface area contributed by atoms with Gasteiger partial charge in [0.15, 0.2) is 5.01 Å². The lowest BCUT2D eigenvalue weighted by atomic mass is 10.1. The van der Waals surface area contributed by atoms with Gasteiger partial charge in [-0.1, -0.05) is 56.5 Å². The monoisotopic (exact) mass is 298 g/mol. The van der Waals surface area contributed by atoms with Gasteiger partial charge in [-0.2, -0.15) is 0 Å². The average molecular weight is 299 g/mol.